The van der Waals surface area contributed by atoms with E-state index in [0.29, 0.717) is 12.5 Å². The Bertz CT molecular complexity index is 526. The highest BCUT2D eigenvalue weighted by Gasteiger charge is 2.03. The first-order chi connectivity index (χ1) is 8.66. The van der Waals surface area contributed by atoms with Gasteiger partial charge in [-0.2, -0.15) is 0 Å². The number of nitrogens with zero attached hydrogens (tertiary/aromatic N) is 2. The zero-order valence-corrected chi connectivity index (χ0v) is 11.3. The summed E-state index contributed by atoms with van der Waals surface area (Å²) in [6, 6.07) is 9.76. The largest absolute Gasteiger partial charge is 0.366 e. The summed E-state index contributed by atoms with van der Waals surface area (Å²) in [6.07, 6.45) is 1.59. The van der Waals surface area contributed by atoms with Crippen LogP contribution in [0.4, 0.5) is 5.82 Å². The number of hydrogen-bond donors (Lipinski definition) is 1. The number of aromatic nitrogens is 2. The molecule has 18 heavy (non-hydrogen) atoms. The molecule has 0 fully saturated rings. The molecular formula is C14H16ClN3. The monoisotopic (exact) mass is 261 g/mol. The van der Waals surface area contributed by atoms with Crippen LogP contribution in [0, 0.1) is 0 Å². The van der Waals surface area contributed by atoms with E-state index in [9.17, 15) is 0 Å². The summed E-state index contributed by atoms with van der Waals surface area (Å²) in [4.78, 5) is 8.44. The zero-order valence-electron chi connectivity index (χ0n) is 10.5. The lowest BCUT2D eigenvalue weighted by Crippen LogP contribution is -2.04. The van der Waals surface area contributed by atoms with Crippen LogP contribution in [0.15, 0.2) is 36.7 Å². The Labute approximate surface area is 112 Å². The van der Waals surface area contributed by atoms with Crippen LogP contribution in [0.25, 0.3) is 0 Å². The number of hydrogen-bond acceptors (Lipinski definition) is 3. The molecule has 0 aliphatic heterocycles. The molecule has 0 atom stereocenters. The molecule has 0 amide bonds. The lowest BCUT2D eigenvalue weighted by atomic mass is 10.1. The minimum absolute atomic E-state index is 0.397. The molecule has 2 rings (SSSR count). The van der Waals surface area contributed by atoms with Crippen molar-refractivity contribution < 1.29 is 0 Å². The van der Waals surface area contributed by atoms with Gasteiger partial charge in [0.05, 0.1) is 0 Å². The van der Waals surface area contributed by atoms with Crippen molar-refractivity contribution in [3.05, 3.63) is 52.9 Å². The van der Waals surface area contributed by atoms with E-state index < -0.39 is 0 Å². The Balaban J connectivity index is 2.07. The molecule has 3 nitrogen and oxygen atoms in total. The van der Waals surface area contributed by atoms with Gasteiger partial charge in [0.25, 0.3) is 0 Å². The highest BCUT2D eigenvalue weighted by atomic mass is 35.5. The van der Waals surface area contributed by atoms with E-state index in [-0.39, 0.29) is 0 Å². The van der Waals surface area contributed by atoms with Crippen molar-refractivity contribution in [1.29, 1.82) is 0 Å². The van der Waals surface area contributed by atoms with Gasteiger partial charge in [0, 0.05) is 23.3 Å². The minimum atomic E-state index is 0.397. The first-order valence-electron chi connectivity index (χ1n) is 5.96. The van der Waals surface area contributed by atoms with E-state index in [4.69, 9.17) is 11.6 Å². The number of benzene rings is 1. The quantitative estimate of drug-likeness (QED) is 0.908. The second kappa shape index (κ2) is 5.83. The van der Waals surface area contributed by atoms with E-state index in [1.165, 1.54) is 0 Å². The van der Waals surface area contributed by atoms with E-state index in [0.717, 1.165) is 22.1 Å². The summed E-state index contributed by atoms with van der Waals surface area (Å²) in [5.41, 5.74) is 2.09. The van der Waals surface area contributed by atoms with Crippen molar-refractivity contribution >= 4 is 17.4 Å². The number of anilines is 1. The third kappa shape index (κ3) is 3.20. The van der Waals surface area contributed by atoms with Crippen molar-refractivity contribution in [2.75, 3.05) is 5.32 Å². The molecule has 2 aromatic rings. The first-order valence-corrected chi connectivity index (χ1v) is 6.34. The van der Waals surface area contributed by atoms with Gasteiger partial charge in [0.2, 0.25) is 0 Å². The van der Waals surface area contributed by atoms with Crippen molar-refractivity contribution in [3.63, 3.8) is 0 Å². The first kappa shape index (κ1) is 12.8. The van der Waals surface area contributed by atoms with Crippen LogP contribution in [0.1, 0.15) is 31.0 Å². The maximum Gasteiger partial charge on any atom is 0.129 e. The molecule has 0 saturated heterocycles. The second-order valence-electron chi connectivity index (χ2n) is 4.43. The number of rotatable bonds is 4. The molecule has 1 aromatic heterocycles. The average molecular weight is 262 g/mol. The Morgan fingerprint density at radius 2 is 2.00 bits per heavy atom. The molecule has 0 bridgehead atoms. The van der Waals surface area contributed by atoms with Gasteiger partial charge in [-0.3, -0.25) is 0 Å². The molecule has 0 aliphatic carbocycles. The Kier molecular flexibility index (Phi) is 4.15. The molecule has 0 spiro atoms. The highest BCUT2D eigenvalue weighted by molar-refractivity contribution is 6.31. The fourth-order valence-electron chi connectivity index (χ4n) is 1.61. The Morgan fingerprint density at radius 1 is 1.22 bits per heavy atom. The van der Waals surface area contributed by atoms with Gasteiger partial charge in [0.1, 0.15) is 12.1 Å². The Hall–Kier alpha value is -1.61. The molecule has 4 heteroatoms. The SMILES string of the molecule is CC(C)c1cc(NCc2ccccc2Cl)ncn1. The van der Waals surface area contributed by atoms with Gasteiger partial charge < -0.3 is 5.32 Å². The second-order valence-corrected chi connectivity index (χ2v) is 4.83. The van der Waals surface area contributed by atoms with Crippen molar-refractivity contribution in [2.45, 2.75) is 26.3 Å². The Morgan fingerprint density at radius 3 is 2.72 bits per heavy atom. The van der Waals surface area contributed by atoms with Gasteiger partial charge in [-0.05, 0) is 17.5 Å². The predicted octanol–water partition coefficient (Wildman–Crippen LogP) is 3.87. The van der Waals surface area contributed by atoms with Crippen LogP contribution in [0.2, 0.25) is 5.02 Å². The lowest BCUT2D eigenvalue weighted by Gasteiger charge is -2.09. The van der Waals surface area contributed by atoms with Crippen LogP contribution < -0.4 is 5.32 Å². The number of nitrogens with one attached hydrogen (secondary N) is 1. The lowest BCUT2D eigenvalue weighted by molar-refractivity contribution is 0.814. The minimum Gasteiger partial charge on any atom is -0.366 e. The van der Waals surface area contributed by atoms with Gasteiger partial charge in [-0.15, -0.1) is 0 Å². The van der Waals surface area contributed by atoms with Gasteiger partial charge in [0.15, 0.2) is 0 Å². The fraction of sp³-hybridized carbons (Fsp3) is 0.286. The molecule has 1 N–H and O–H groups in total. The van der Waals surface area contributed by atoms with Gasteiger partial charge >= 0.3 is 0 Å². The normalized spacial score (nSPS) is 10.7. The predicted molar refractivity (Wildman–Crippen MR) is 74.9 cm³/mol. The van der Waals surface area contributed by atoms with Crippen molar-refractivity contribution in [2.24, 2.45) is 0 Å². The maximum atomic E-state index is 6.10. The van der Waals surface area contributed by atoms with Crippen LogP contribution in [-0.2, 0) is 6.54 Å². The molecule has 1 heterocycles. The molecular weight excluding hydrogens is 246 g/mol. The summed E-state index contributed by atoms with van der Waals surface area (Å²) in [7, 11) is 0. The standard InChI is InChI=1S/C14H16ClN3/c1-10(2)13-7-14(18-9-17-13)16-8-11-5-3-4-6-12(11)15/h3-7,9-10H,8H2,1-2H3,(H,16,17,18). The molecule has 0 unspecified atom stereocenters. The average Bonchev–Trinajstić information content (AvgIpc) is 2.38. The zero-order chi connectivity index (χ0) is 13.0. The third-order valence-electron chi connectivity index (χ3n) is 2.70. The highest BCUT2D eigenvalue weighted by Crippen LogP contribution is 2.17. The van der Waals surface area contributed by atoms with E-state index in [1.54, 1.807) is 6.33 Å². The van der Waals surface area contributed by atoms with Gasteiger partial charge in [-0.1, -0.05) is 43.6 Å². The summed E-state index contributed by atoms with van der Waals surface area (Å²) in [5.74, 6) is 1.22. The summed E-state index contributed by atoms with van der Waals surface area (Å²) in [5, 5.41) is 4.03. The van der Waals surface area contributed by atoms with Gasteiger partial charge in [-0.25, -0.2) is 9.97 Å². The van der Waals surface area contributed by atoms with Crippen LogP contribution in [0.3, 0.4) is 0 Å². The van der Waals surface area contributed by atoms with E-state index in [1.807, 2.05) is 30.3 Å². The summed E-state index contributed by atoms with van der Waals surface area (Å²) >= 11 is 6.10. The summed E-state index contributed by atoms with van der Waals surface area (Å²) < 4.78 is 0. The van der Waals surface area contributed by atoms with Crippen LogP contribution >= 0.6 is 11.6 Å². The number of halogens is 1. The van der Waals surface area contributed by atoms with Crippen LogP contribution in [0.5, 0.6) is 0 Å². The molecule has 0 saturated carbocycles. The molecule has 0 aliphatic rings. The molecule has 1 aromatic carbocycles. The maximum absolute atomic E-state index is 6.10. The summed E-state index contributed by atoms with van der Waals surface area (Å²) in [6.45, 7) is 4.88. The van der Waals surface area contributed by atoms with Crippen LogP contribution in [-0.4, -0.2) is 9.97 Å². The van der Waals surface area contributed by atoms with E-state index >= 15 is 0 Å². The molecule has 0 radical (unpaired) electrons. The van der Waals surface area contributed by atoms with Crippen molar-refractivity contribution in [3.8, 4) is 0 Å². The van der Waals surface area contributed by atoms with Crippen molar-refractivity contribution in [1.82, 2.24) is 9.97 Å². The third-order valence-corrected chi connectivity index (χ3v) is 3.07. The molecule has 94 valence electrons. The smallest absolute Gasteiger partial charge is 0.129 e. The fourth-order valence-corrected chi connectivity index (χ4v) is 1.81. The topological polar surface area (TPSA) is 37.8 Å². The van der Waals surface area contributed by atoms with E-state index in [2.05, 4.69) is 29.1 Å².